The first-order valence-corrected chi connectivity index (χ1v) is 10.7. The van der Waals surface area contributed by atoms with Crippen molar-refractivity contribution in [1.82, 2.24) is 19.6 Å². The summed E-state index contributed by atoms with van der Waals surface area (Å²) < 4.78 is 64.1. The number of alkyl halides is 3. The topological polar surface area (TPSA) is 75.2 Å². The van der Waals surface area contributed by atoms with Crippen molar-refractivity contribution in [2.45, 2.75) is 31.1 Å². The Morgan fingerprint density at radius 2 is 1.79 bits per heavy atom. The molecule has 0 saturated carbocycles. The molecule has 1 saturated heterocycles. The number of nitrogens with zero attached hydrogens (tertiary/aromatic N) is 3. The molecule has 1 N–H and O–H groups in total. The molecule has 2 aromatic rings. The van der Waals surface area contributed by atoms with Gasteiger partial charge in [0.2, 0.25) is 10.0 Å². The van der Waals surface area contributed by atoms with Gasteiger partial charge in [-0.2, -0.15) is 13.2 Å². The molecule has 1 aliphatic rings. The summed E-state index contributed by atoms with van der Waals surface area (Å²) in [6.45, 7) is 1.16. The summed E-state index contributed by atoms with van der Waals surface area (Å²) in [5.41, 5.74) is 0.616. The number of nitrogens with one attached hydrogen (secondary N) is 1. The van der Waals surface area contributed by atoms with Gasteiger partial charge in [0.25, 0.3) is 0 Å². The highest BCUT2D eigenvalue weighted by Crippen LogP contribution is 2.33. The Morgan fingerprint density at radius 1 is 1.14 bits per heavy atom. The van der Waals surface area contributed by atoms with Gasteiger partial charge in [0.1, 0.15) is 0 Å². The van der Waals surface area contributed by atoms with Gasteiger partial charge < -0.3 is 0 Å². The predicted molar refractivity (Wildman–Crippen MR) is 97.9 cm³/mol. The van der Waals surface area contributed by atoms with E-state index < -0.39 is 21.8 Å². The number of benzene rings is 1. The van der Waals surface area contributed by atoms with E-state index in [1.165, 1.54) is 18.3 Å². The third-order valence-electron chi connectivity index (χ3n) is 4.69. The predicted octanol–water partition coefficient (Wildman–Crippen LogP) is 2.60. The number of piperidine rings is 1. The van der Waals surface area contributed by atoms with Gasteiger partial charge >= 0.3 is 6.18 Å². The van der Waals surface area contributed by atoms with E-state index in [9.17, 15) is 21.6 Å². The van der Waals surface area contributed by atoms with Gasteiger partial charge in [-0.15, -0.1) is 0 Å². The Labute approximate surface area is 161 Å². The lowest BCUT2D eigenvalue weighted by molar-refractivity contribution is -0.137. The van der Waals surface area contributed by atoms with Gasteiger partial charge in [0, 0.05) is 31.5 Å². The molecule has 28 heavy (non-hydrogen) atoms. The van der Waals surface area contributed by atoms with Crippen molar-refractivity contribution in [1.29, 1.82) is 0 Å². The van der Waals surface area contributed by atoms with Gasteiger partial charge in [0.05, 0.1) is 29.8 Å². The highest BCUT2D eigenvalue weighted by molar-refractivity contribution is 7.88. The van der Waals surface area contributed by atoms with Crippen LogP contribution in [0, 0.1) is 0 Å². The fourth-order valence-electron chi connectivity index (χ4n) is 3.45. The number of sulfonamides is 1. The SMILES string of the molecule is CS(=O)(=O)NC1CCN(C(c2ccc(C(F)(F)F)cc2)c2cnccn2)CC1. The van der Waals surface area contributed by atoms with Crippen LogP contribution in [0.4, 0.5) is 13.2 Å². The van der Waals surface area contributed by atoms with E-state index in [4.69, 9.17) is 0 Å². The van der Waals surface area contributed by atoms with Crippen LogP contribution in [-0.2, 0) is 16.2 Å². The van der Waals surface area contributed by atoms with Crippen molar-refractivity contribution >= 4 is 10.0 Å². The van der Waals surface area contributed by atoms with Crippen LogP contribution >= 0.6 is 0 Å². The van der Waals surface area contributed by atoms with Crippen LogP contribution in [0.5, 0.6) is 0 Å². The van der Waals surface area contributed by atoms with Crippen molar-refractivity contribution in [3.63, 3.8) is 0 Å². The minimum absolute atomic E-state index is 0.152. The fraction of sp³-hybridized carbons (Fsp3) is 0.444. The summed E-state index contributed by atoms with van der Waals surface area (Å²) in [4.78, 5) is 10.5. The van der Waals surface area contributed by atoms with E-state index in [1.54, 1.807) is 12.4 Å². The lowest BCUT2D eigenvalue weighted by Crippen LogP contribution is -2.45. The highest BCUT2D eigenvalue weighted by atomic mass is 32.2. The minimum Gasteiger partial charge on any atom is -0.291 e. The lowest BCUT2D eigenvalue weighted by Gasteiger charge is -2.37. The van der Waals surface area contributed by atoms with Crippen molar-refractivity contribution in [3.8, 4) is 0 Å². The van der Waals surface area contributed by atoms with Crippen molar-refractivity contribution in [2.75, 3.05) is 19.3 Å². The Bertz CT molecular complexity index is 881. The van der Waals surface area contributed by atoms with Gasteiger partial charge in [-0.3, -0.25) is 14.9 Å². The summed E-state index contributed by atoms with van der Waals surface area (Å²) in [5, 5.41) is 0. The Balaban J connectivity index is 1.83. The first-order valence-electron chi connectivity index (χ1n) is 8.78. The molecule has 152 valence electrons. The number of hydrogen-bond donors (Lipinski definition) is 1. The summed E-state index contributed by atoms with van der Waals surface area (Å²) in [6.07, 6.45) is 2.62. The average molecular weight is 414 g/mol. The zero-order valence-corrected chi connectivity index (χ0v) is 16.0. The first-order chi connectivity index (χ1) is 13.1. The monoisotopic (exact) mass is 414 g/mol. The van der Waals surface area contributed by atoms with E-state index in [0.717, 1.165) is 18.4 Å². The zero-order valence-electron chi connectivity index (χ0n) is 15.2. The van der Waals surface area contributed by atoms with E-state index in [1.807, 2.05) is 0 Å². The average Bonchev–Trinajstić information content (AvgIpc) is 2.63. The standard InChI is InChI=1S/C18H21F3N4O2S/c1-28(26,27)24-15-6-10-25(11-7-15)17(16-12-22-8-9-23-16)13-2-4-14(5-3-13)18(19,20)21/h2-5,8-9,12,15,17,24H,6-7,10-11H2,1H3. The quantitative estimate of drug-likeness (QED) is 0.814. The van der Waals surface area contributed by atoms with Crippen LogP contribution in [-0.4, -0.2) is 48.7 Å². The van der Waals surface area contributed by atoms with Crippen molar-refractivity contribution in [2.24, 2.45) is 0 Å². The Morgan fingerprint density at radius 3 is 2.29 bits per heavy atom. The van der Waals surface area contributed by atoms with Gasteiger partial charge in [-0.05, 0) is 30.5 Å². The van der Waals surface area contributed by atoms with Crippen molar-refractivity contribution in [3.05, 3.63) is 59.7 Å². The molecule has 1 unspecified atom stereocenters. The largest absolute Gasteiger partial charge is 0.416 e. The van der Waals surface area contributed by atoms with E-state index in [2.05, 4.69) is 19.6 Å². The molecule has 1 aromatic carbocycles. The maximum absolute atomic E-state index is 12.9. The molecule has 3 rings (SSSR count). The molecular formula is C18H21F3N4O2S. The second-order valence-electron chi connectivity index (χ2n) is 6.85. The molecule has 6 nitrogen and oxygen atoms in total. The molecule has 0 aliphatic carbocycles. The zero-order chi connectivity index (χ0) is 20.4. The molecule has 0 amide bonds. The highest BCUT2D eigenvalue weighted by Gasteiger charge is 2.32. The maximum atomic E-state index is 12.9. The number of rotatable bonds is 5. The van der Waals surface area contributed by atoms with Crippen LogP contribution < -0.4 is 4.72 Å². The summed E-state index contributed by atoms with van der Waals surface area (Å²) in [6, 6.07) is 4.55. The van der Waals surface area contributed by atoms with E-state index in [-0.39, 0.29) is 12.1 Å². The van der Waals surface area contributed by atoms with Crippen LogP contribution in [0.25, 0.3) is 0 Å². The fourth-order valence-corrected chi connectivity index (χ4v) is 4.29. The lowest BCUT2D eigenvalue weighted by atomic mass is 9.96. The molecule has 1 fully saturated rings. The van der Waals surface area contributed by atoms with Gasteiger partial charge in [-0.25, -0.2) is 13.1 Å². The molecule has 2 heterocycles. The van der Waals surface area contributed by atoms with Gasteiger partial charge in [-0.1, -0.05) is 12.1 Å². The molecule has 0 bridgehead atoms. The molecule has 1 aliphatic heterocycles. The smallest absolute Gasteiger partial charge is 0.291 e. The summed E-state index contributed by atoms with van der Waals surface area (Å²) >= 11 is 0. The second kappa shape index (κ2) is 8.14. The van der Waals surface area contributed by atoms with Crippen LogP contribution in [0.1, 0.15) is 35.7 Å². The minimum atomic E-state index is -4.39. The number of hydrogen-bond acceptors (Lipinski definition) is 5. The number of aromatic nitrogens is 2. The van der Waals surface area contributed by atoms with Crippen LogP contribution in [0.3, 0.4) is 0 Å². The third kappa shape index (κ3) is 5.27. The molecule has 10 heteroatoms. The van der Waals surface area contributed by atoms with Gasteiger partial charge in [0.15, 0.2) is 0 Å². The third-order valence-corrected chi connectivity index (χ3v) is 5.45. The second-order valence-corrected chi connectivity index (χ2v) is 8.63. The first kappa shape index (κ1) is 20.7. The number of halogens is 3. The summed E-state index contributed by atoms with van der Waals surface area (Å²) in [5.74, 6) is 0. The summed E-state index contributed by atoms with van der Waals surface area (Å²) in [7, 11) is -3.28. The van der Waals surface area contributed by atoms with Crippen LogP contribution in [0.2, 0.25) is 0 Å². The Kier molecular flexibility index (Phi) is 6.01. The Hall–Kier alpha value is -2.04. The normalized spacial score (nSPS) is 18.1. The van der Waals surface area contributed by atoms with Crippen LogP contribution in [0.15, 0.2) is 42.9 Å². The van der Waals surface area contributed by atoms with E-state index in [0.29, 0.717) is 37.2 Å². The molecule has 1 atom stereocenters. The van der Waals surface area contributed by atoms with Crippen molar-refractivity contribution < 1.29 is 21.6 Å². The molecule has 0 spiro atoms. The molecule has 0 radical (unpaired) electrons. The van der Waals surface area contributed by atoms with E-state index >= 15 is 0 Å². The number of likely N-dealkylation sites (tertiary alicyclic amines) is 1. The maximum Gasteiger partial charge on any atom is 0.416 e. The molecular weight excluding hydrogens is 393 g/mol. The molecule has 1 aromatic heterocycles.